The van der Waals surface area contributed by atoms with Crippen LogP contribution >= 0.6 is 12.6 Å². The Bertz CT molecular complexity index is 602. The molecule has 1 unspecified atom stereocenters. The number of hydrogen-bond acceptors (Lipinski definition) is 5. The van der Waals surface area contributed by atoms with Crippen LogP contribution < -0.4 is 5.32 Å². The van der Waals surface area contributed by atoms with Gasteiger partial charge in [0.25, 0.3) is 11.8 Å². The van der Waals surface area contributed by atoms with Gasteiger partial charge in [-0.15, -0.1) is 12.6 Å². The van der Waals surface area contributed by atoms with Crippen molar-refractivity contribution in [2.24, 2.45) is 0 Å². The summed E-state index contributed by atoms with van der Waals surface area (Å²) in [6.07, 6.45) is 1.97. The van der Waals surface area contributed by atoms with Gasteiger partial charge in [0, 0.05) is 19.0 Å². The maximum atomic E-state index is 11.7. The summed E-state index contributed by atoms with van der Waals surface area (Å²) in [5, 5.41) is 2.26. The molecule has 1 N–H and O–H groups in total. The van der Waals surface area contributed by atoms with E-state index in [1.807, 2.05) is 35.2 Å². The van der Waals surface area contributed by atoms with Crippen LogP contribution in [-0.2, 0) is 20.7 Å². The molecule has 3 rings (SSSR count). The van der Waals surface area contributed by atoms with Crippen molar-refractivity contribution in [3.63, 3.8) is 0 Å². The summed E-state index contributed by atoms with van der Waals surface area (Å²) in [4.78, 5) is 24.2. The number of rotatable bonds is 3. The Morgan fingerprint density at radius 2 is 2.05 bits per heavy atom. The van der Waals surface area contributed by atoms with Crippen molar-refractivity contribution in [1.82, 2.24) is 10.2 Å². The number of nitrogens with one attached hydrogen (secondary N) is 1. The monoisotopic (exact) mass is 304 g/mol. The lowest BCUT2D eigenvalue weighted by molar-refractivity contribution is -0.125. The largest absolute Gasteiger partial charge is 0.361 e. The van der Waals surface area contributed by atoms with Crippen LogP contribution in [0.25, 0.3) is 0 Å². The van der Waals surface area contributed by atoms with Crippen LogP contribution in [0.2, 0.25) is 0 Å². The number of nitrogens with zero attached hydrogens (tertiary/aromatic N) is 1. The first-order valence-electron chi connectivity index (χ1n) is 6.78. The zero-order valence-electron chi connectivity index (χ0n) is 11.4. The molecule has 0 aliphatic carbocycles. The van der Waals surface area contributed by atoms with Crippen LogP contribution in [0.15, 0.2) is 42.1 Å². The van der Waals surface area contributed by atoms with Gasteiger partial charge in [-0.2, -0.15) is 0 Å². The second-order valence-corrected chi connectivity index (χ2v) is 6.04. The molecule has 2 aliphatic rings. The van der Waals surface area contributed by atoms with E-state index >= 15 is 0 Å². The van der Waals surface area contributed by atoms with E-state index in [-0.39, 0.29) is 11.8 Å². The normalized spacial score (nSPS) is 25.8. The minimum Gasteiger partial charge on any atom is -0.361 e. The molecule has 110 valence electrons. The molecule has 1 aromatic rings. The summed E-state index contributed by atoms with van der Waals surface area (Å²) in [7, 11) is 0. The van der Waals surface area contributed by atoms with Crippen LogP contribution in [0.1, 0.15) is 5.56 Å². The van der Waals surface area contributed by atoms with E-state index in [2.05, 4.69) is 17.9 Å². The molecule has 0 spiro atoms. The van der Waals surface area contributed by atoms with Crippen molar-refractivity contribution >= 4 is 24.4 Å². The van der Waals surface area contributed by atoms with E-state index in [9.17, 15) is 9.59 Å². The van der Waals surface area contributed by atoms with Crippen LogP contribution in [0.5, 0.6) is 0 Å². The average Bonchev–Trinajstić information content (AvgIpc) is 2.78. The lowest BCUT2D eigenvalue weighted by Crippen LogP contribution is -2.50. The molecule has 5 nitrogen and oxygen atoms in total. The quantitative estimate of drug-likeness (QED) is 0.638. The van der Waals surface area contributed by atoms with Gasteiger partial charge >= 0.3 is 0 Å². The third-order valence-corrected chi connectivity index (χ3v) is 4.00. The molecule has 2 heterocycles. The molecule has 1 atom stereocenters. The molecule has 0 bridgehead atoms. The Morgan fingerprint density at radius 1 is 1.29 bits per heavy atom. The standard InChI is InChI=1S/C15H16N2O3S/c18-13-8-12(14(19)16-13)17-6-7-20-15(21,10-17)9-11-4-2-1-3-5-11/h1-5,8,21H,6-7,9-10H2,(H,16,18,19). The average molecular weight is 304 g/mol. The van der Waals surface area contributed by atoms with Crippen LogP contribution in [0, 0.1) is 0 Å². The van der Waals surface area contributed by atoms with Crippen molar-refractivity contribution in [1.29, 1.82) is 0 Å². The fourth-order valence-corrected chi connectivity index (χ4v) is 3.08. The van der Waals surface area contributed by atoms with Gasteiger partial charge in [-0.1, -0.05) is 30.3 Å². The fourth-order valence-electron chi connectivity index (χ4n) is 2.63. The Hall–Kier alpha value is -1.79. The molecule has 2 amide bonds. The predicted molar refractivity (Wildman–Crippen MR) is 80.6 cm³/mol. The van der Waals surface area contributed by atoms with Crippen molar-refractivity contribution in [3.05, 3.63) is 47.7 Å². The predicted octanol–water partition coefficient (Wildman–Crippen LogP) is 0.728. The van der Waals surface area contributed by atoms with Crippen molar-refractivity contribution < 1.29 is 14.3 Å². The van der Waals surface area contributed by atoms with Gasteiger partial charge in [-0.3, -0.25) is 14.9 Å². The van der Waals surface area contributed by atoms with Gasteiger partial charge < -0.3 is 9.64 Å². The molecular formula is C15H16N2O3S. The van der Waals surface area contributed by atoms with Crippen molar-refractivity contribution in [3.8, 4) is 0 Å². The Kier molecular flexibility index (Phi) is 3.73. The zero-order valence-corrected chi connectivity index (χ0v) is 12.3. The fraction of sp³-hybridized carbons (Fsp3) is 0.333. The van der Waals surface area contributed by atoms with Crippen LogP contribution in [0.3, 0.4) is 0 Å². The number of carbonyl (C=O) groups excluding carboxylic acids is 2. The highest BCUT2D eigenvalue weighted by Crippen LogP contribution is 2.29. The number of hydrogen-bond donors (Lipinski definition) is 2. The molecule has 1 saturated heterocycles. The first kappa shape index (κ1) is 14.2. The summed E-state index contributed by atoms with van der Waals surface area (Å²) >= 11 is 4.66. The van der Waals surface area contributed by atoms with E-state index in [0.717, 1.165) is 5.56 Å². The number of thiol groups is 1. The topological polar surface area (TPSA) is 58.6 Å². The van der Waals surface area contributed by atoms with Gasteiger partial charge in [-0.25, -0.2) is 0 Å². The van der Waals surface area contributed by atoms with Crippen LogP contribution in [-0.4, -0.2) is 41.3 Å². The summed E-state index contributed by atoms with van der Waals surface area (Å²) in [6, 6.07) is 9.94. The Morgan fingerprint density at radius 3 is 2.71 bits per heavy atom. The van der Waals surface area contributed by atoms with Crippen molar-refractivity contribution in [2.75, 3.05) is 19.7 Å². The summed E-state index contributed by atoms with van der Waals surface area (Å²) in [6.45, 7) is 1.50. The van der Waals surface area contributed by atoms with Crippen LogP contribution in [0.4, 0.5) is 0 Å². The lowest BCUT2D eigenvalue weighted by atomic mass is 10.1. The lowest BCUT2D eigenvalue weighted by Gasteiger charge is -2.40. The van der Waals surface area contributed by atoms with Gasteiger partial charge in [0.2, 0.25) is 0 Å². The van der Waals surface area contributed by atoms with Gasteiger partial charge in [-0.05, 0) is 5.56 Å². The molecule has 0 saturated carbocycles. The van der Waals surface area contributed by atoms with E-state index in [1.165, 1.54) is 6.08 Å². The molecule has 6 heteroatoms. The number of amides is 2. The molecule has 2 aliphatic heterocycles. The number of imide groups is 1. The minimum absolute atomic E-state index is 0.350. The van der Waals surface area contributed by atoms with Gasteiger partial charge in [0.15, 0.2) is 0 Å². The molecular weight excluding hydrogens is 288 g/mol. The van der Waals surface area contributed by atoms with E-state index in [0.29, 0.717) is 31.8 Å². The highest BCUT2D eigenvalue weighted by molar-refractivity contribution is 7.81. The molecule has 0 radical (unpaired) electrons. The van der Waals surface area contributed by atoms with E-state index in [1.54, 1.807) is 0 Å². The second-order valence-electron chi connectivity index (χ2n) is 5.23. The summed E-state index contributed by atoms with van der Waals surface area (Å²) in [5.74, 6) is -0.716. The highest BCUT2D eigenvalue weighted by atomic mass is 32.1. The summed E-state index contributed by atoms with van der Waals surface area (Å²) < 4.78 is 5.80. The van der Waals surface area contributed by atoms with Gasteiger partial charge in [0.05, 0.1) is 13.2 Å². The number of benzene rings is 1. The first-order chi connectivity index (χ1) is 10.1. The highest BCUT2D eigenvalue weighted by Gasteiger charge is 2.37. The number of ether oxygens (including phenoxy) is 1. The van der Waals surface area contributed by atoms with E-state index < -0.39 is 4.93 Å². The van der Waals surface area contributed by atoms with E-state index in [4.69, 9.17) is 4.74 Å². The molecule has 1 aromatic carbocycles. The molecule has 1 fully saturated rings. The zero-order chi connectivity index (χ0) is 14.9. The Labute approximate surface area is 128 Å². The second kappa shape index (κ2) is 5.54. The SMILES string of the molecule is O=C1C=C(N2CCOC(S)(Cc3ccccc3)C2)C(=O)N1. The maximum Gasteiger partial charge on any atom is 0.274 e. The maximum absolute atomic E-state index is 11.7. The Balaban J connectivity index is 1.75. The molecule has 0 aromatic heterocycles. The van der Waals surface area contributed by atoms with Crippen molar-refractivity contribution in [2.45, 2.75) is 11.4 Å². The smallest absolute Gasteiger partial charge is 0.274 e. The minimum atomic E-state index is -0.674. The summed E-state index contributed by atoms with van der Waals surface area (Å²) in [5.41, 5.74) is 1.52. The first-order valence-corrected chi connectivity index (χ1v) is 7.23. The van der Waals surface area contributed by atoms with Gasteiger partial charge in [0.1, 0.15) is 10.6 Å². The third-order valence-electron chi connectivity index (χ3n) is 3.57. The molecule has 21 heavy (non-hydrogen) atoms. The number of carbonyl (C=O) groups is 2. The third kappa shape index (κ3) is 3.11. The number of morpholine rings is 1.